The molecule has 0 aliphatic carbocycles. The van der Waals surface area contributed by atoms with E-state index in [1.165, 1.54) is 18.2 Å². The van der Waals surface area contributed by atoms with Crippen molar-refractivity contribution in [2.45, 2.75) is 0 Å². The minimum absolute atomic E-state index is 0.0316. The Morgan fingerprint density at radius 3 is 2.44 bits per heavy atom. The molecule has 0 saturated heterocycles. The fourth-order valence-corrected chi connectivity index (χ4v) is 1.23. The molecule has 16 heavy (non-hydrogen) atoms. The average molecular weight is 222 g/mol. The first-order chi connectivity index (χ1) is 7.57. The maximum atomic E-state index is 11.2. The molecule has 0 heterocycles. The van der Waals surface area contributed by atoms with Crippen molar-refractivity contribution >= 4 is 18.1 Å². The van der Waals surface area contributed by atoms with Gasteiger partial charge in [0.2, 0.25) is 5.91 Å². The van der Waals surface area contributed by atoms with Gasteiger partial charge in [-0.1, -0.05) is 6.07 Å². The zero-order chi connectivity index (χ0) is 12.1. The molecule has 6 nitrogen and oxygen atoms in total. The van der Waals surface area contributed by atoms with Crippen LogP contribution in [0.1, 0.15) is 20.7 Å². The molecule has 0 aromatic heterocycles. The molecule has 0 unspecified atom stereocenters. The summed E-state index contributed by atoms with van der Waals surface area (Å²) in [7, 11) is 0. The van der Waals surface area contributed by atoms with E-state index in [1.807, 2.05) is 0 Å². The smallest absolute Gasteiger partial charge is 0.253 e. The van der Waals surface area contributed by atoms with E-state index in [0.717, 1.165) is 0 Å². The van der Waals surface area contributed by atoms with Crippen molar-refractivity contribution < 1.29 is 19.1 Å². The summed E-state index contributed by atoms with van der Waals surface area (Å²) >= 11 is 0. The van der Waals surface area contributed by atoms with Gasteiger partial charge < -0.3 is 16.2 Å². The highest BCUT2D eigenvalue weighted by atomic mass is 16.5. The molecule has 0 bridgehead atoms. The molecule has 1 aromatic carbocycles. The van der Waals surface area contributed by atoms with Crippen LogP contribution in [0.5, 0.6) is 5.75 Å². The number of amides is 2. The van der Waals surface area contributed by atoms with E-state index >= 15 is 0 Å². The minimum Gasteiger partial charge on any atom is -0.485 e. The second-order valence-electron chi connectivity index (χ2n) is 2.88. The number of carbonyl (C=O) groups is 3. The third-order valence-electron chi connectivity index (χ3n) is 1.84. The summed E-state index contributed by atoms with van der Waals surface area (Å²) in [4.78, 5) is 32.3. The van der Waals surface area contributed by atoms with Gasteiger partial charge in [-0.05, 0) is 12.1 Å². The number of rotatable bonds is 5. The van der Waals surface area contributed by atoms with Crippen molar-refractivity contribution in [3.63, 3.8) is 0 Å². The van der Waals surface area contributed by atoms with Crippen LogP contribution < -0.4 is 16.2 Å². The predicted molar refractivity (Wildman–Crippen MR) is 55.0 cm³/mol. The predicted octanol–water partition coefficient (Wildman–Crippen LogP) is -0.538. The Bertz CT molecular complexity index is 442. The molecule has 84 valence electrons. The van der Waals surface area contributed by atoms with Crippen LogP contribution in [0.4, 0.5) is 0 Å². The quantitative estimate of drug-likeness (QED) is 0.651. The summed E-state index contributed by atoms with van der Waals surface area (Å²) in [5.41, 5.74) is 10.0. The third kappa shape index (κ3) is 2.35. The van der Waals surface area contributed by atoms with E-state index in [2.05, 4.69) is 0 Å². The fraction of sp³-hybridized carbons (Fsp3) is 0.100. The largest absolute Gasteiger partial charge is 0.485 e. The van der Waals surface area contributed by atoms with E-state index in [-0.39, 0.29) is 23.5 Å². The molecule has 6 heteroatoms. The molecule has 0 atom stereocenters. The number of carbonyl (C=O) groups excluding carboxylic acids is 3. The zero-order valence-electron chi connectivity index (χ0n) is 8.30. The highest BCUT2D eigenvalue weighted by Crippen LogP contribution is 2.21. The molecule has 2 amide bonds. The highest BCUT2D eigenvalue weighted by molar-refractivity contribution is 6.07. The summed E-state index contributed by atoms with van der Waals surface area (Å²) < 4.78 is 4.96. The highest BCUT2D eigenvalue weighted by Gasteiger charge is 2.17. The molecule has 0 saturated carbocycles. The second-order valence-corrected chi connectivity index (χ2v) is 2.88. The molecule has 4 N–H and O–H groups in total. The Morgan fingerprint density at radius 2 is 1.94 bits per heavy atom. The lowest BCUT2D eigenvalue weighted by Gasteiger charge is -2.09. The number of nitrogens with two attached hydrogens (primary N) is 2. The van der Waals surface area contributed by atoms with Crippen molar-refractivity contribution in [1.29, 1.82) is 0 Å². The van der Waals surface area contributed by atoms with E-state index < -0.39 is 11.8 Å². The van der Waals surface area contributed by atoms with Crippen LogP contribution >= 0.6 is 0 Å². The number of ether oxygens (including phenoxy) is 1. The lowest BCUT2D eigenvalue weighted by atomic mass is 10.1. The first-order valence-electron chi connectivity index (χ1n) is 4.37. The molecule has 0 radical (unpaired) electrons. The number of primary amides is 2. The Labute approximate surface area is 91.2 Å². The van der Waals surface area contributed by atoms with Crippen molar-refractivity contribution in [3.8, 4) is 5.75 Å². The van der Waals surface area contributed by atoms with Crippen LogP contribution in [0.15, 0.2) is 18.2 Å². The fourth-order valence-electron chi connectivity index (χ4n) is 1.23. The Morgan fingerprint density at radius 1 is 1.25 bits per heavy atom. The number of benzene rings is 1. The van der Waals surface area contributed by atoms with Crippen LogP contribution in [-0.2, 0) is 4.79 Å². The van der Waals surface area contributed by atoms with Gasteiger partial charge >= 0.3 is 0 Å². The lowest BCUT2D eigenvalue weighted by molar-refractivity contribution is -0.109. The normalized spacial score (nSPS) is 9.50. The van der Waals surface area contributed by atoms with Gasteiger partial charge in [-0.2, -0.15) is 0 Å². The average Bonchev–Trinajstić information content (AvgIpc) is 2.25. The van der Waals surface area contributed by atoms with Crippen molar-refractivity contribution in [1.82, 2.24) is 0 Å². The summed E-state index contributed by atoms with van der Waals surface area (Å²) in [6.45, 7) is -0.234. The van der Waals surface area contributed by atoms with Gasteiger partial charge in [0, 0.05) is 0 Å². The van der Waals surface area contributed by atoms with Crippen LogP contribution in [0.25, 0.3) is 0 Å². The van der Waals surface area contributed by atoms with Crippen LogP contribution in [0.2, 0.25) is 0 Å². The van der Waals surface area contributed by atoms with Crippen molar-refractivity contribution in [2.75, 3.05) is 6.61 Å². The zero-order valence-corrected chi connectivity index (χ0v) is 8.30. The Hall–Kier alpha value is -2.37. The topological polar surface area (TPSA) is 112 Å². The van der Waals surface area contributed by atoms with Crippen molar-refractivity contribution in [3.05, 3.63) is 29.3 Å². The van der Waals surface area contributed by atoms with Gasteiger partial charge in [0.05, 0.1) is 11.1 Å². The molecule has 0 aliphatic heterocycles. The van der Waals surface area contributed by atoms with Crippen LogP contribution in [-0.4, -0.2) is 24.7 Å². The maximum Gasteiger partial charge on any atom is 0.253 e. The van der Waals surface area contributed by atoms with Crippen LogP contribution in [0, 0.1) is 0 Å². The summed E-state index contributed by atoms with van der Waals surface area (Å²) in [6.07, 6.45) is 0.516. The molecule has 0 spiro atoms. The first kappa shape index (κ1) is 11.7. The number of aldehydes is 1. The van der Waals surface area contributed by atoms with Crippen molar-refractivity contribution in [2.24, 2.45) is 11.5 Å². The Balaban J connectivity index is 3.26. The number of hydrogen-bond donors (Lipinski definition) is 2. The van der Waals surface area contributed by atoms with Gasteiger partial charge in [-0.3, -0.25) is 14.4 Å². The first-order valence-corrected chi connectivity index (χ1v) is 4.37. The monoisotopic (exact) mass is 222 g/mol. The Kier molecular flexibility index (Phi) is 3.60. The molecular formula is C10H10N2O4. The maximum absolute atomic E-state index is 11.2. The van der Waals surface area contributed by atoms with Gasteiger partial charge in [0.25, 0.3) is 5.91 Å². The van der Waals surface area contributed by atoms with E-state index in [0.29, 0.717) is 6.29 Å². The molecule has 1 rings (SSSR count). The SMILES string of the molecule is NC(=O)c1cccc(OCC=O)c1C(N)=O. The molecular weight excluding hydrogens is 212 g/mol. The van der Waals surface area contributed by atoms with Gasteiger partial charge in [-0.15, -0.1) is 0 Å². The van der Waals surface area contributed by atoms with Gasteiger partial charge in [0.1, 0.15) is 12.4 Å². The van der Waals surface area contributed by atoms with E-state index in [1.54, 1.807) is 0 Å². The molecule has 0 fully saturated rings. The van der Waals surface area contributed by atoms with E-state index in [9.17, 15) is 14.4 Å². The van der Waals surface area contributed by atoms with Gasteiger partial charge in [0.15, 0.2) is 6.29 Å². The van der Waals surface area contributed by atoms with E-state index in [4.69, 9.17) is 16.2 Å². The third-order valence-corrected chi connectivity index (χ3v) is 1.84. The molecule has 0 aliphatic rings. The van der Waals surface area contributed by atoms with Gasteiger partial charge in [-0.25, -0.2) is 0 Å². The standard InChI is InChI=1S/C10H10N2O4/c11-9(14)6-2-1-3-7(16-5-4-13)8(6)10(12)15/h1-4H,5H2,(H2,11,14)(H2,12,15). The summed E-state index contributed by atoms with van der Waals surface area (Å²) in [5.74, 6) is -1.56. The number of hydrogen-bond acceptors (Lipinski definition) is 4. The second kappa shape index (κ2) is 4.92. The summed E-state index contributed by atoms with van der Waals surface area (Å²) in [5, 5.41) is 0. The minimum atomic E-state index is -0.838. The molecule has 1 aromatic rings. The van der Waals surface area contributed by atoms with Crippen LogP contribution in [0.3, 0.4) is 0 Å². The lowest BCUT2D eigenvalue weighted by Crippen LogP contribution is -2.21. The summed E-state index contributed by atoms with van der Waals surface area (Å²) in [6, 6.07) is 4.26.